The fourth-order valence-electron chi connectivity index (χ4n) is 3.90. The van der Waals surface area contributed by atoms with E-state index in [2.05, 4.69) is 15.0 Å². The number of fused-ring (bicyclic) bond motifs is 1. The summed E-state index contributed by atoms with van der Waals surface area (Å²) in [6.07, 6.45) is 3.07. The van der Waals surface area contributed by atoms with E-state index in [1.165, 1.54) is 41.6 Å². The number of H-pyrrole nitrogens is 1. The van der Waals surface area contributed by atoms with Gasteiger partial charge in [0.05, 0.1) is 22.6 Å². The molecule has 1 aliphatic heterocycles. The molecule has 1 atom stereocenters. The number of aryl methyl sites for hydroxylation is 1. The molecule has 0 spiro atoms. The van der Waals surface area contributed by atoms with E-state index < -0.39 is 23.5 Å². The zero-order valence-corrected chi connectivity index (χ0v) is 16.9. The summed E-state index contributed by atoms with van der Waals surface area (Å²) in [6, 6.07) is 13.0. The van der Waals surface area contributed by atoms with Crippen molar-refractivity contribution in [1.82, 2.24) is 15.0 Å². The number of hydrogen-bond donors (Lipinski definition) is 2. The third-order valence-electron chi connectivity index (χ3n) is 5.44. The molecule has 2 aromatic carbocycles. The molecule has 1 saturated heterocycles. The number of hydrogen-bond acceptors (Lipinski definition) is 5. The van der Waals surface area contributed by atoms with Crippen LogP contribution in [0.3, 0.4) is 0 Å². The number of aromatic nitrogens is 3. The number of carbonyl (C=O) groups excluding carboxylic acids is 2. The number of aliphatic hydroxyl groups is 1. The van der Waals surface area contributed by atoms with Crippen LogP contribution in [-0.2, 0) is 9.59 Å². The summed E-state index contributed by atoms with van der Waals surface area (Å²) < 4.78 is 13.4. The van der Waals surface area contributed by atoms with Gasteiger partial charge in [0.25, 0.3) is 5.78 Å². The number of nitrogens with one attached hydrogen (secondary N) is 1. The molecule has 8 heteroatoms. The van der Waals surface area contributed by atoms with E-state index in [-0.39, 0.29) is 22.8 Å². The fourth-order valence-corrected chi connectivity index (χ4v) is 3.90. The van der Waals surface area contributed by atoms with Crippen LogP contribution in [-0.4, -0.2) is 31.7 Å². The number of Topliss-reactive ketones (excluding diaryl/α,β-unsaturated/α-hetero) is 1. The molecule has 1 fully saturated rings. The molecule has 4 aromatic rings. The van der Waals surface area contributed by atoms with Gasteiger partial charge in [-0.3, -0.25) is 19.5 Å². The molecule has 0 saturated carbocycles. The van der Waals surface area contributed by atoms with Gasteiger partial charge in [-0.05, 0) is 66.6 Å². The van der Waals surface area contributed by atoms with E-state index >= 15 is 0 Å². The smallest absolute Gasteiger partial charge is 0.302 e. The van der Waals surface area contributed by atoms with Gasteiger partial charge in [-0.25, -0.2) is 9.37 Å². The minimum atomic E-state index is -0.940. The van der Waals surface area contributed by atoms with Crippen LogP contribution in [0.25, 0.3) is 16.8 Å². The van der Waals surface area contributed by atoms with Gasteiger partial charge in [0, 0.05) is 18.0 Å². The van der Waals surface area contributed by atoms with Crippen molar-refractivity contribution in [3.63, 3.8) is 0 Å². The topological polar surface area (TPSA) is 99.2 Å². The predicted octanol–water partition coefficient (Wildman–Crippen LogP) is 4.03. The van der Waals surface area contributed by atoms with Crippen LogP contribution in [0.4, 0.5) is 10.3 Å². The lowest BCUT2D eigenvalue weighted by molar-refractivity contribution is -0.132. The SMILES string of the molecule is Cc1ccc2nc(N3C(=O)C(=O)/C(=C(/O)c4ccc(F)cc4)C3c3ccncc3)[nH]c2c1. The van der Waals surface area contributed by atoms with Crippen LogP contribution in [0.15, 0.2) is 72.6 Å². The number of amides is 1. The Bertz CT molecular complexity index is 1390. The molecule has 5 rings (SSSR count). The number of carbonyl (C=O) groups is 2. The van der Waals surface area contributed by atoms with Crippen molar-refractivity contribution in [2.45, 2.75) is 13.0 Å². The zero-order chi connectivity index (χ0) is 22.4. The number of nitrogens with zero attached hydrogens (tertiary/aromatic N) is 3. The van der Waals surface area contributed by atoms with Crippen LogP contribution < -0.4 is 4.90 Å². The number of rotatable bonds is 3. The van der Waals surface area contributed by atoms with Crippen LogP contribution in [0.2, 0.25) is 0 Å². The normalized spacial score (nSPS) is 17.9. The Hall–Kier alpha value is -4.33. The first-order valence-electron chi connectivity index (χ1n) is 9.87. The second-order valence-corrected chi connectivity index (χ2v) is 7.54. The number of halogens is 1. The largest absolute Gasteiger partial charge is 0.507 e. The highest BCUT2D eigenvalue weighted by molar-refractivity contribution is 6.51. The van der Waals surface area contributed by atoms with Crippen LogP contribution in [0.1, 0.15) is 22.7 Å². The van der Waals surface area contributed by atoms with Crippen molar-refractivity contribution in [1.29, 1.82) is 0 Å². The molecule has 2 aromatic heterocycles. The van der Waals surface area contributed by atoms with E-state index in [1.54, 1.807) is 12.1 Å². The Morgan fingerprint density at radius 1 is 1.06 bits per heavy atom. The number of ketones is 1. The molecule has 1 amide bonds. The number of benzene rings is 2. The number of anilines is 1. The molecule has 0 radical (unpaired) electrons. The highest BCUT2D eigenvalue weighted by Gasteiger charge is 2.48. The molecule has 1 unspecified atom stereocenters. The summed E-state index contributed by atoms with van der Waals surface area (Å²) >= 11 is 0. The standard InChI is InChI=1S/C24H17FN4O3/c1-13-2-7-17-18(12-13)28-24(27-17)29-20(14-8-10-26-11-9-14)19(22(31)23(29)32)21(30)15-3-5-16(25)6-4-15/h2-12,20,30H,1H3,(H,27,28)/b21-19+. The van der Waals surface area contributed by atoms with Gasteiger partial charge in [-0.1, -0.05) is 6.07 Å². The van der Waals surface area contributed by atoms with Gasteiger partial charge in [0.15, 0.2) is 0 Å². The summed E-state index contributed by atoms with van der Waals surface area (Å²) in [5.41, 5.74) is 3.05. The van der Waals surface area contributed by atoms with Gasteiger partial charge >= 0.3 is 5.91 Å². The van der Waals surface area contributed by atoms with E-state index in [0.29, 0.717) is 16.6 Å². The van der Waals surface area contributed by atoms with E-state index in [0.717, 1.165) is 5.56 Å². The molecule has 2 N–H and O–H groups in total. The molecule has 158 valence electrons. The zero-order valence-electron chi connectivity index (χ0n) is 16.9. The molecular weight excluding hydrogens is 411 g/mol. The lowest BCUT2D eigenvalue weighted by Crippen LogP contribution is -2.30. The molecule has 1 aliphatic rings. The van der Waals surface area contributed by atoms with Crippen LogP contribution >= 0.6 is 0 Å². The van der Waals surface area contributed by atoms with Crippen LogP contribution in [0.5, 0.6) is 0 Å². The minimum absolute atomic E-state index is 0.107. The molecule has 0 aliphatic carbocycles. The molecule has 0 bridgehead atoms. The number of aromatic amines is 1. The van der Waals surface area contributed by atoms with Gasteiger partial charge in [0.1, 0.15) is 11.6 Å². The highest BCUT2D eigenvalue weighted by atomic mass is 19.1. The van der Waals surface area contributed by atoms with Gasteiger partial charge < -0.3 is 10.1 Å². The van der Waals surface area contributed by atoms with E-state index in [4.69, 9.17) is 0 Å². The molecule has 3 heterocycles. The second kappa shape index (κ2) is 7.42. The average Bonchev–Trinajstić information content (AvgIpc) is 3.32. The summed E-state index contributed by atoms with van der Waals surface area (Å²) in [6.45, 7) is 1.94. The first kappa shape index (κ1) is 19.6. The average molecular weight is 428 g/mol. The third kappa shape index (κ3) is 3.13. The summed E-state index contributed by atoms with van der Waals surface area (Å²) in [7, 11) is 0. The van der Waals surface area contributed by atoms with Crippen molar-refractivity contribution in [3.8, 4) is 0 Å². The highest BCUT2D eigenvalue weighted by Crippen LogP contribution is 2.41. The summed E-state index contributed by atoms with van der Waals surface area (Å²) in [5, 5.41) is 11.0. The summed E-state index contributed by atoms with van der Waals surface area (Å²) in [4.78, 5) is 39.1. The maximum Gasteiger partial charge on any atom is 0.302 e. The lowest BCUT2D eigenvalue weighted by Gasteiger charge is -2.22. The first-order valence-corrected chi connectivity index (χ1v) is 9.87. The lowest BCUT2D eigenvalue weighted by atomic mass is 9.96. The molecule has 7 nitrogen and oxygen atoms in total. The maximum absolute atomic E-state index is 13.4. The van der Waals surface area contributed by atoms with Crippen LogP contribution in [0, 0.1) is 12.7 Å². The first-order chi connectivity index (χ1) is 15.4. The Morgan fingerprint density at radius 2 is 1.78 bits per heavy atom. The van der Waals surface area contributed by atoms with Gasteiger partial charge in [-0.15, -0.1) is 0 Å². The quantitative estimate of drug-likeness (QED) is 0.292. The van der Waals surface area contributed by atoms with E-state index in [1.807, 2.05) is 25.1 Å². The second-order valence-electron chi connectivity index (χ2n) is 7.54. The number of imidazole rings is 1. The predicted molar refractivity (Wildman–Crippen MR) is 116 cm³/mol. The summed E-state index contributed by atoms with van der Waals surface area (Å²) in [5.74, 6) is -2.37. The van der Waals surface area contributed by atoms with Crippen molar-refractivity contribution >= 4 is 34.4 Å². The van der Waals surface area contributed by atoms with Crippen molar-refractivity contribution in [2.24, 2.45) is 0 Å². The van der Waals surface area contributed by atoms with Gasteiger partial charge in [-0.2, -0.15) is 0 Å². The Balaban J connectivity index is 1.72. The Labute approximate surface area is 181 Å². The van der Waals surface area contributed by atoms with Crippen molar-refractivity contribution < 1.29 is 19.1 Å². The monoisotopic (exact) mass is 428 g/mol. The third-order valence-corrected chi connectivity index (χ3v) is 5.44. The van der Waals surface area contributed by atoms with Crippen molar-refractivity contribution in [2.75, 3.05) is 4.90 Å². The fraction of sp³-hybridized carbons (Fsp3) is 0.0833. The Morgan fingerprint density at radius 3 is 2.50 bits per heavy atom. The Kier molecular flexibility index (Phi) is 4.55. The minimum Gasteiger partial charge on any atom is -0.507 e. The molecule has 32 heavy (non-hydrogen) atoms. The number of aliphatic hydroxyl groups excluding tert-OH is 1. The molecular formula is C24H17FN4O3. The van der Waals surface area contributed by atoms with E-state index in [9.17, 15) is 19.1 Å². The van der Waals surface area contributed by atoms with Crippen molar-refractivity contribution in [3.05, 3.63) is 95.1 Å². The maximum atomic E-state index is 13.4. The number of pyridine rings is 1. The van der Waals surface area contributed by atoms with Gasteiger partial charge in [0.2, 0.25) is 5.95 Å².